The summed E-state index contributed by atoms with van der Waals surface area (Å²) in [5.74, 6) is -3.37. The van der Waals surface area contributed by atoms with Crippen molar-refractivity contribution in [1.29, 1.82) is 0 Å². The van der Waals surface area contributed by atoms with Crippen LogP contribution in [0.5, 0.6) is 0 Å². The van der Waals surface area contributed by atoms with Crippen molar-refractivity contribution in [3.63, 3.8) is 0 Å². The highest BCUT2D eigenvalue weighted by Crippen LogP contribution is 2.29. The van der Waals surface area contributed by atoms with Gasteiger partial charge >= 0.3 is 0 Å². The Kier molecular flexibility index (Phi) is 13.3. The van der Waals surface area contributed by atoms with E-state index in [2.05, 4.69) is 31.2 Å². The lowest BCUT2D eigenvalue weighted by Gasteiger charge is -2.40. The van der Waals surface area contributed by atoms with Crippen molar-refractivity contribution in [3.8, 4) is 0 Å². The van der Waals surface area contributed by atoms with Crippen LogP contribution in [0.1, 0.15) is 44.5 Å². The van der Waals surface area contributed by atoms with Gasteiger partial charge in [-0.1, -0.05) is 146 Å². The lowest BCUT2D eigenvalue weighted by molar-refractivity contribution is -0.147. The van der Waals surface area contributed by atoms with Crippen LogP contribution in [0, 0.1) is 0 Å². The Morgan fingerprint density at radius 3 is 1.14 bits per heavy atom. The molecule has 6 N–H and O–H groups in total. The molecular weight excluding hydrogens is 929 g/mol. The lowest BCUT2D eigenvalue weighted by atomic mass is 9.91. The van der Waals surface area contributed by atoms with Gasteiger partial charge in [-0.05, 0) is 56.6 Å². The summed E-state index contributed by atoms with van der Waals surface area (Å²) in [6.45, 7) is 0.0977. The molecule has 0 radical (unpaired) electrons. The number of rotatable bonds is 8. The fourth-order valence-electron chi connectivity index (χ4n) is 11.0. The highest BCUT2D eigenvalue weighted by atomic mass is 16.2. The minimum absolute atomic E-state index is 0.0472. The van der Waals surface area contributed by atoms with Crippen molar-refractivity contribution >= 4 is 57.2 Å². The molecular formula is C60H56N8O6. The molecule has 372 valence electrons. The predicted octanol–water partition coefficient (Wildman–Crippen LogP) is 5.78. The maximum absolute atomic E-state index is 15.6. The van der Waals surface area contributed by atoms with E-state index in [1.165, 1.54) is 9.80 Å². The summed E-state index contributed by atoms with van der Waals surface area (Å²) >= 11 is 0. The number of hydrogen-bond acceptors (Lipinski definition) is 6. The van der Waals surface area contributed by atoms with Crippen LogP contribution in [0.25, 0.3) is 21.8 Å². The largest absolute Gasteiger partial charge is 0.361 e. The molecule has 6 aromatic carbocycles. The van der Waals surface area contributed by atoms with Gasteiger partial charge in [0.15, 0.2) is 0 Å². The number of hydrogen-bond donors (Lipinski definition) is 6. The summed E-state index contributed by atoms with van der Waals surface area (Å²) in [5.41, 5.74) is 8.16. The molecule has 14 nitrogen and oxygen atoms in total. The molecule has 74 heavy (non-hydrogen) atoms. The number of aromatic amines is 2. The van der Waals surface area contributed by atoms with Gasteiger partial charge in [0.05, 0.1) is 0 Å². The summed E-state index contributed by atoms with van der Waals surface area (Å²) in [6, 6.07) is 42.1. The number of carbonyl (C=O) groups excluding carboxylic acids is 6. The number of aromatic nitrogens is 2. The van der Waals surface area contributed by atoms with Gasteiger partial charge in [-0.3, -0.25) is 28.8 Å². The predicted molar refractivity (Wildman–Crippen MR) is 281 cm³/mol. The molecule has 0 bridgehead atoms. The third kappa shape index (κ3) is 9.90. The molecule has 1 saturated heterocycles. The second kappa shape index (κ2) is 20.7. The average Bonchev–Trinajstić information content (AvgIpc) is 4.05. The van der Waals surface area contributed by atoms with Crippen molar-refractivity contribution in [3.05, 3.63) is 215 Å². The zero-order chi connectivity index (χ0) is 50.7. The summed E-state index contributed by atoms with van der Waals surface area (Å²) < 4.78 is 0. The topological polar surface area (TPSA) is 189 Å². The molecule has 11 rings (SSSR count). The summed E-state index contributed by atoms with van der Waals surface area (Å²) in [7, 11) is 0. The first-order chi connectivity index (χ1) is 36.1. The van der Waals surface area contributed by atoms with E-state index in [4.69, 9.17) is 0 Å². The van der Waals surface area contributed by atoms with Crippen LogP contribution in [0.4, 0.5) is 0 Å². The van der Waals surface area contributed by atoms with E-state index in [1.807, 2.05) is 170 Å². The molecule has 8 aromatic rings. The molecule has 1 fully saturated rings. The number of para-hydroxylation sites is 2. The summed E-state index contributed by atoms with van der Waals surface area (Å²) in [6.07, 6.45) is 4.12. The van der Waals surface area contributed by atoms with Crippen LogP contribution in [0.2, 0.25) is 0 Å². The maximum Gasteiger partial charge on any atom is 0.246 e. The van der Waals surface area contributed by atoms with Crippen LogP contribution >= 0.6 is 0 Å². The minimum atomic E-state index is -1.22. The summed E-state index contributed by atoms with van der Waals surface area (Å²) in [5, 5.41) is 14.0. The van der Waals surface area contributed by atoms with Gasteiger partial charge in [0.1, 0.15) is 36.3 Å². The number of fused-ring (bicyclic) bond motifs is 6. The third-order valence-corrected chi connectivity index (χ3v) is 14.9. The zero-order valence-electron chi connectivity index (χ0n) is 40.6. The molecule has 6 amide bonds. The minimum Gasteiger partial charge on any atom is -0.361 e. The molecule has 2 aromatic heterocycles. The molecule has 6 atom stereocenters. The van der Waals surface area contributed by atoms with Gasteiger partial charge in [-0.25, -0.2) is 0 Å². The number of H-pyrrole nitrogens is 2. The first-order valence-electron chi connectivity index (χ1n) is 25.3. The molecule has 0 spiro atoms. The van der Waals surface area contributed by atoms with Crippen molar-refractivity contribution < 1.29 is 28.8 Å². The van der Waals surface area contributed by atoms with Crippen LogP contribution in [0.3, 0.4) is 0 Å². The Labute approximate surface area is 427 Å². The maximum atomic E-state index is 15.6. The molecule has 3 aliphatic rings. The molecule has 0 aliphatic carbocycles. The number of nitrogens with one attached hydrogen (secondary N) is 6. The summed E-state index contributed by atoms with van der Waals surface area (Å²) in [4.78, 5) is 102. The first-order valence-corrected chi connectivity index (χ1v) is 25.3. The van der Waals surface area contributed by atoms with Gasteiger partial charge in [0, 0.05) is 85.8 Å². The van der Waals surface area contributed by atoms with Gasteiger partial charge in [0.25, 0.3) is 0 Å². The Bertz CT molecular complexity index is 3180. The molecule has 14 heteroatoms. The molecule has 3 aliphatic heterocycles. The number of nitrogens with zero attached hydrogens (tertiary/aromatic N) is 2. The molecule has 4 unspecified atom stereocenters. The number of amides is 6. The SMILES string of the molecule is O=C1NC(Cc2c[nH]c3ccccc23)C(=O)N2Cc3ccccc3C[C@@H]2C(=O)NC(Cc2ccccc2)C(=O)NC(Cc2c[nH]c3ccccc23)C(=O)N2Cc3ccccc3C[C@@H]2C(=O)NC1Cc1ccccc1. The van der Waals surface area contributed by atoms with Gasteiger partial charge in [0.2, 0.25) is 35.4 Å². The Morgan fingerprint density at radius 2 is 0.716 bits per heavy atom. The Hall–Kier alpha value is -8.78. The highest BCUT2D eigenvalue weighted by Gasteiger charge is 2.43. The Morgan fingerprint density at radius 1 is 0.365 bits per heavy atom. The second-order valence-corrected chi connectivity index (χ2v) is 19.7. The normalized spacial score (nSPS) is 21.8. The standard InChI is InChI=1S/C60H56N8O6/c69-55-49(27-37-15-3-1-4-16-37)63-57(71)53-31-39-19-7-9-21-41(39)35-67(53)60(74)52(30-44-34-62-48-26-14-12-24-46(44)48)66-56(70)50(28-38-17-5-2-6-18-38)64-58(72)54-32-40-20-8-10-22-42(40)36-68(54)59(73)51(65-55)29-43-33-61-47-25-13-11-23-45(43)47/h1-26,33-34,49-54,61-62H,27-32,35-36H2,(H,63,71)(H,64,72)(H,65,69)(H,66,70)/t49?,50?,51?,52?,53-,54-/m1/s1. The van der Waals surface area contributed by atoms with Crippen molar-refractivity contribution in [2.24, 2.45) is 0 Å². The fraction of sp³-hybridized carbons (Fsp3) is 0.233. The number of benzene rings is 6. The van der Waals surface area contributed by atoms with Crippen LogP contribution in [0.15, 0.2) is 170 Å². The van der Waals surface area contributed by atoms with Crippen LogP contribution < -0.4 is 21.3 Å². The van der Waals surface area contributed by atoms with Crippen molar-refractivity contribution in [1.82, 2.24) is 41.0 Å². The first kappa shape index (κ1) is 47.5. The second-order valence-electron chi connectivity index (χ2n) is 19.7. The van der Waals surface area contributed by atoms with Gasteiger partial charge in [-0.15, -0.1) is 0 Å². The zero-order valence-corrected chi connectivity index (χ0v) is 40.6. The van der Waals surface area contributed by atoms with Crippen LogP contribution in [-0.4, -0.2) is 91.5 Å². The quantitative estimate of drug-likeness (QED) is 0.112. The lowest BCUT2D eigenvalue weighted by Crippen LogP contribution is -2.64. The van der Waals surface area contributed by atoms with E-state index in [-0.39, 0.29) is 51.6 Å². The van der Waals surface area contributed by atoms with Gasteiger partial charge in [-0.2, -0.15) is 0 Å². The van der Waals surface area contributed by atoms with E-state index in [9.17, 15) is 0 Å². The highest BCUT2D eigenvalue weighted by molar-refractivity contribution is 6.00. The Balaban J connectivity index is 1.04. The fourth-order valence-corrected chi connectivity index (χ4v) is 11.0. The number of carbonyl (C=O) groups is 6. The van der Waals surface area contributed by atoms with E-state index >= 15 is 28.8 Å². The smallest absolute Gasteiger partial charge is 0.246 e. The van der Waals surface area contributed by atoms with Crippen LogP contribution in [-0.2, 0) is 80.4 Å². The van der Waals surface area contributed by atoms with E-state index in [0.717, 1.165) is 66.3 Å². The van der Waals surface area contributed by atoms with Crippen molar-refractivity contribution in [2.45, 2.75) is 87.9 Å². The monoisotopic (exact) mass is 984 g/mol. The van der Waals surface area contributed by atoms with E-state index < -0.39 is 71.7 Å². The van der Waals surface area contributed by atoms with Gasteiger partial charge < -0.3 is 41.0 Å². The third-order valence-electron chi connectivity index (χ3n) is 14.9. The molecule has 5 heterocycles. The average molecular weight is 985 g/mol. The van der Waals surface area contributed by atoms with E-state index in [1.54, 1.807) is 0 Å². The molecule has 0 saturated carbocycles. The van der Waals surface area contributed by atoms with Crippen molar-refractivity contribution in [2.75, 3.05) is 0 Å². The van der Waals surface area contributed by atoms with E-state index in [0.29, 0.717) is 0 Å².